The van der Waals surface area contributed by atoms with Crippen LogP contribution in [-0.2, 0) is 0 Å². The number of hydrogen-bond acceptors (Lipinski definition) is 0. The van der Waals surface area contributed by atoms with E-state index in [0.717, 1.165) is 0 Å². The minimum absolute atomic E-state index is 1.26. The highest BCUT2D eigenvalue weighted by molar-refractivity contribution is 14.1. The Hall–Kier alpha value is -1.81. The minimum atomic E-state index is 1.26. The molecule has 0 saturated heterocycles. The van der Waals surface area contributed by atoms with Crippen LogP contribution in [0.2, 0.25) is 0 Å². The smallest absolute Gasteiger partial charge is 0.0580 e. The number of benzene rings is 3. The average Bonchev–Trinajstić information content (AvgIpc) is 2.87. The van der Waals surface area contributed by atoms with Gasteiger partial charge < -0.3 is 4.57 Å². The van der Waals surface area contributed by atoms with Crippen LogP contribution in [0.4, 0.5) is 0 Å². The van der Waals surface area contributed by atoms with Gasteiger partial charge in [0.15, 0.2) is 0 Å². The third-order valence-corrected chi connectivity index (χ3v) is 5.55. The summed E-state index contributed by atoms with van der Waals surface area (Å²) in [6, 6.07) is 21.8. The molecule has 0 unspecified atom stereocenters. The molecule has 0 spiro atoms. The van der Waals surface area contributed by atoms with Crippen molar-refractivity contribution in [3.05, 3.63) is 75.4 Å². The molecule has 0 N–H and O–H groups in total. The summed E-state index contributed by atoms with van der Waals surface area (Å²) in [5.74, 6) is 0. The second kappa shape index (κ2) is 5.13. The first-order valence-corrected chi connectivity index (χ1v) is 8.50. The summed E-state index contributed by atoms with van der Waals surface area (Å²) < 4.78 is 3.72. The molecule has 0 fully saturated rings. The summed E-state index contributed by atoms with van der Waals surface area (Å²) in [6.07, 6.45) is 0. The first-order chi connectivity index (χ1) is 10.7. The standard InChI is InChI=1S/C20H16IN/c1-13-7-3-5-9-18(13)22-19-10-6-4-8-15(19)16-11-12-17(21)14(2)20(16)22/h3-12H,1-2H3. The van der Waals surface area contributed by atoms with Crippen LogP contribution in [0.1, 0.15) is 11.1 Å². The molecule has 0 aliphatic carbocycles. The van der Waals surface area contributed by atoms with Gasteiger partial charge in [-0.2, -0.15) is 0 Å². The zero-order valence-electron chi connectivity index (χ0n) is 12.6. The highest BCUT2D eigenvalue weighted by atomic mass is 127. The van der Waals surface area contributed by atoms with E-state index in [-0.39, 0.29) is 0 Å². The van der Waals surface area contributed by atoms with Crippen LogP contribution in [0.15, 0.2) is 60.7 Å². The molecule has 4 aromatic rings. The number of fused-ring (bicyclic) bond motifs is 3. The first kappa shape index (κ1) is 13.8. The molecule has 0 aliphatic heterocycles. The molecule has 0 bridgehead atoms. The maximum Gasteiger partial charge on any atom is 0.0580 e. The van der Waals surface area contributed by atoms with E-state index >= 15 is 0 Å². The van der Waals surface area contributed by atoms with Gasteiger partial charge in [0.25, 0.3) is 0 Å². The molecule has 2 heteroatoms. The number of aromatic nitrogens is 1. The molecular weight excluding hydrogens is 381 g/mol. The summed E-state index contributed by atoms with van der Waals surface area (Å²) >= 11 is 2.43. The predicted octanol–water partition coefficient (Wildman–Crippen LogP) is 6.01. The number of aryl methyl sites for hydroxylation is 2. The Balaban J connectivity index is 2.29. The van der Waals surface area contributed by atoms with E-state index in [1.54, 1.807) is 0 Å². The number of halogens is 1. The predicted molar refractivity (Wildman–Crippen MR) is 103 cm³/mol. The Morgan fingerprint density at radius 3 is 2.32 bits per heavy atom. The van der Waals surface area contributed by atoms with Crippen LogP contribution in [0, 0.1) is 17.4 Å². The van der Waals surface area contributed by atoms with Crippen molar-refractivity contribution < 1.29 is 0 Å². The van der Waals surface area contributed by atoms with Crippen molar-refractivity contribution >= 4 is 44.4 Å². The number of para-hydroxylation sites is 2. The summed E-state index contributed by atoms with van der Waals surface area (Å²) in [5, 5.41) is 2.65. The van der Waals surface area contributed by atoms with Gasteiger partial charge in [-0.15, -0.1) is 0 Å². The van der Waals surface area contributed by atoms with Crippen molar-refractivity contribution in [2.45, 2.75) is 13.8 Å². The Kier molecular flexibility index (Phi) is 3.22. The molecule has 1 nitrogen and oxygen atoms in total. The second-order valence-corrected chi connectivity index (χ2v) is 6.87. The van der Waals surface area contributed by atoms with E-state index in [9.17, 15) is 0 Å². The molecule has 4 rings (SSSR count). The molecular formula is C20H16IN. The van der Waals surface area contributed by atoms with Crippen molar-refractivity contribution in [2.24, 2.45) is 0 Å². The molecule has 1 heterocycles. The summed E-state index contributed by atoms with van der Waals surface area (Å²) in [7, 11) is 0. The van der Waals surface area contributed by atoms with Crippen molar-refractivity contribution in [2.75, 3.05) is 0 Å². The van der Waals surface area contributed by atoms with Gasteiger partial charge >= 0.3 is 0 Å². The van der Waals surface area contributed by atoms with E-state index in [1.807, 2.05) is 0 Å². The van der Waals surface area contributed by atoms with Crippen LogP contribution in [0.5, 0.6) is 0 Å². The molecule has 0 saturated carbocycles. The van der Waals surface area contributed by atoms with Crippen molar-refractivity contribution in [1.82, 2.24) is 4.57 Å². The molecule has 0 amide bonds. The normalized spacial score (nSPS) is 11.4. The lowest BCUT2D eigenvalue weighted by Gasteiger charge is -2.12. The molecule has 22 heavy (non-hydrogen) atoms. The molecule has 0 atom stereocenters. The van der Waals surface area contributed by atoms with Crippen molar-refractivity contribution in [3.63, 3.8) is 0 Å². The number of rotatable bonds is 1. The summed E-state index contributed by atoms with van der Waals surface area (Å²) in [5.41, 5.74) is 6.50. The molecule has 3 aromatic carbocycles. The molecule has 0 radical (unpaired) electrons. The number of hydrogen-bond donors (Lipinski definition) is 0. The third-order valence-electron chi connectivity index (χ3n) is 4.38. The van der Waals surface area contributed by atoms with Crippen LogP contribution in [0.25, 0.3) is 27.5 Å². The Bertz CT molecular complexity index is 1010. The highest BCUT2D eigenvalue weighted by Crippen LogP contribution is 2.35. The van der Waals surface area contributed by atoms with Gasteiger partial charge in [0.1, 0.15) is 0 Å². The van der Waals surface area contributed by atoms with Gasteiger partial charge in [0.05, 0.1) is 11.0 Å². The Morgan fingerprint density at radius 2 is 1.50 bits per heavy atom. The largest absolute Gasteiger partial charge is 0.309 e. The van der Waals surface area contributed by atoms with E-state index in [4.69, 9.17) is 0 Å². The van der Waals surface area contributed by atoms with Gasteiger partial charge in [-0.25, -0.2) is 0 Å². The maximum absolute atomic E-state index is 2.43. The lowest BCUT2D eigenvalue weighted by Crippen LogP contribution is -1.98. The molecule has 1 aromatic heterocycles. The van der Waals surface area contributed by atoms with Crippen molar-refractivity contribution in [3.8, 4) is 5.69 Å². The molecule has 108 valence electrons. The molecule has 0 aliphatic rings. The fourth-order valence-electron chi connectivity index (χ4n) is 3.26. The fourth-order valence-corrected chi connectivity index (χ4v) is 3.70. The van der Waals surface area contributed by atoms with Crippen molar-refractivity contribution in [1.29, 1.82) is 0 Å². The van der Waals surface area contributed by atoms with Gasteiger partial charge in [-0.1, -0.05) is 42.5 Å². The first-order valence-electron chi connectivity index (χ1n) is 7.43. The topological polar surface area (TPSA) is 4.93 Å². The fraction of sp³-hybridized carbons (Fsp3) is 0.100. The lowest BCUT2D eigenvalue weighted by atomic mass is 10.1. The minimum Gasteiger partial charge on any atom is -0.309 e. The summed E-state index contributed by atoms with van der Waals surface area (Å²) in [4.78, 5) is 0. The second-order valence-electron chi connectivity index (χ2n) is 5.71. The highest BCUT2D eigenvalue weighted by Gasteiger charge is 2.15. The summed E-state index contributed by atoms with van der Waals surface area (Å²) in [6.45, 7) is 4.40. The maximum atomic E-state index is 2.43. The van der Waals surface area contributed by atoms with Gasteiger partial charge in [-0.3, -0.25) is 0 Å². The van der Waals surface area contributed by atoms with Gasteiger partial charge in [-0.05, 0) is 65.8 Å². The van der Waals surface area contributed by atoms with Gasteiger partial charge in [0.2, 0.25) is 0 Å². The Morgan fingerprint density at radius 1 is 0.773 bits per heavy atom. The third kappa shape index (κ3) is 1.90. The number of nitrogens with zero attached hydrogens (tertiary/aromatic N) is 1. The van der Waals surface area contributed by atoms with Crippen LogP contribution >= 0.6 is 22.6 Å². The van der Waals surface area contributed by atoms with E-state index in [1.165, 1.54) is 42.2 Å². The van der Waals surface area contributed by atoms with Crippen LogP contribution in [-0.4, -0.2) is 4.57 Å². The van der Waals surface area contributed by atoms with E-state index in [0.29, 0.717) is 0 Å². The van der Waals surface area contributed by atoms with E-state index < -0.39 is 0 Å². The monoisotopic (exact) mass is 397 g/mol. The van der Waals surface area contributed by atoms with Crippen LogP contribution in [0.3, 0.4) is 0 Å². The Labute approximate surface area is 143 Å². The van der Waals surface area contributed by atoms with E-state index in [2.05, 4.69) is 102 Å². The average molecular weight is 397 g/mol. The zero-order chi connectivity index (χ0) is 15.3. The quantitative estimate of drug-likeness (QED) is 0.347. The van der Waals surface area contributed by atoms with Gasteiger partial charge in [0, 0.05) is 20.0 Å². The SMILES string of the molecule is Cc1ccccc1-n1c2ccccc2c2ccc(I)c(C)c21. The van der Waals surface area contributed by atoms with Crippen LogP contribution < -0.4 is 0 Å². The zero-order valence-corrected chi connectivity index (χ0v) is 14.8. The lowest BCUT2D eigenvalue weighted by molar-refractivity contribution is 1.14.